The number of carboxylic acid groups (broad SMARTS) is 1. The third kappa shape index (κ3) is 5.22. The zero-order chi connectivity index (χ0) is 25.2. The summed E-state index contributed by atoms with van der Waals surface area (Å²) in [5.74, 6) is -2.99. The number of hydrogen-bond donors (Lipinski definition) is 3. The second-order valence-electron chi connectivity index (χ2n) is 7.41. The molecular weight excluding hydrogens is 481 g/mol. The fourth-order valence-electron chi connectivity index (χ4n) is 3.40. The second-order valence-corrected chi connectivity index (χ2v) is 9.09. The van der Waals surface area contributed by atoms with Gasteiger partial charge in [-0.2, -0.15) is 0 Å². The minimum Gasteiger partial charge on any atom is -0.482 e. The molecule has 0 saturated heterocycles. The van der Waals surface area contributed by atoms with Crippen molar-refractivity contribution in [1.82, 2.24) is 0 Å². The van der Waals surface area contributed by atoms with E-state index in [4.69, 9.17) is 9.84 Å². The van der Waals surface area contributed by atoms with E-state index >= 15 is 0 Å². The van der Waals surface area contributed by atoms with Crippen LogP contribution in [0.15, 0.2) is 71.6 Å². The van der Waals surface area contributed by atoms with E-state index in [1.165, 1.54) is 54.6 Å². The predicted octanol–water partition coefficient (Wildman–Crippen LogP) is 2.69. The van der Waals surface area contributed by atoms with E-state index in [0.717, 1.165) is 17.0 Å². The van der Waals surface area contributed by atoms with Crippen LogP contribution in [0.25, 0.3) is 0 Å². The average molecular weight is 499 g/mol. The third-order valence-corrected chi connectivity index (χ3v) is 6.34. The van der Waals surface area contributed by atoms with Gasteiger partial charge in [-0.15, -0.1) is 0 Å². The summed E-state index contributed by atoms with van der Waals surface area (Å²) in [4.78, 5) is 36.7. The maximum Gasteiger partial charge on any atom is 0.323 e. The first-order valence-corrected chi connectivity index (χ1v) is 11.6. The lowest BCUT2D eigenvalue weighted by atomic mass is 10.1. The standard InChI is InChI=1S/C23H18FN3O7S/c24-14-4-3-5-15(10-14)25-23(31)17-6-1-2-7-18(17)26-35(32,33)16-8-9-20-19(11-16)27(12-22(29)30)21(28)13-34-20/h1-11,26H,12-13H2,(H,25,31)(H,29,30). The lowest BCUT2D eigenvalue weighted by Crippen LogP contribution is -2.42. The van der Waals surface area contributed by atoms with Gasteiger partial charge in [-0.1, -0.05) is 18.2 Å². The Bertz CT molecular complexity index is 1440. The van der Waals surface area contributed by atoms with E-state index in [2.05, 4.69) is 10.0 Å². The molecule has 12 heteroatoms. The Labute approximate surface area is 199 Å². The van der Waals surface area contributed by atoms with Gasteiger partial charge < -0.3 is 15.2 Å². The molecule has 0 unspecified atom stereocenters. The van der Waals surface area contributed by atoms with Crippen LogP contribution in [0.3, 0.4) is 0 Å². The van der Waals surface area contributed by atoms with E-state index in [0.29, 0.717) is 0 Å². The fraction of sp³-hybridized carbons (Fsp3) is 0.0870. The van der Waals surface area contributed by atoms with Crippen LogP contribution in [0.5, 0.6) is 5.75 Å². The van der Waals surface area contributed by atoms with Gasteiger partial charge in [-0.3, -0.25) is 24.0 Å². The van der Waals surface area contributed by atoms with Crippen molar-refractivity contribution in [3.8, 4) is 5.75 Å². The van der Waals surface area contributed by atoms with E-state index < -0.39 is 40.2 Å². The van der Waals surface area contributed by atoms with E-state index in [9.17, 15) is 27.2 Å². The van der Waals surface area contributed by atoms with Gasteiger partial charge in [-0.25, -0.2) is 12.8 Å². The molecule has 1 heterocycles. The molecule has 2 amide bonds. The molecule has 3 aromatic rings. The van der Waals surface area contributed by atoms with Crippen molar-refractivity contribution < 1.29 is 37.0 Å². The van der Waals surface area contributed by atoms with Crippen molar-refractivity contribution in [3.63, 3.8) is 0 Å². The number of aliphatic carboxylic acids is 1. The molecule has 4 rings (SSSR count). The Hall–Kier alpha value is -4.45. The van der Waals surface area contributed by atoms with Gasteiger partial charge in [0.1, 0.15) is 18.1 Å². The molecule has 0 spiro atoms. The number of nitrogens with zero attached hydrogens (tertiary/aromatic N) is 1. The zero-order valence-electron chi connectivity index (χ0n) is 17.9. The number of para-hydroxylation sites is 1. The summed E-state index contributed by atoms with van der Waals surface area (Å²) in [5, 5.41) is 11.6. The number of anilines is 3. The van der Waals surface area contributed by atoms with E-state index in [1.807, 2.05) is 0 Å². The van der Waals surface area contributed by atoms with Crippen LogP contribution in [0.1, 0.15) is 10.4 Å². The van der Waals surface area contributed by atoms with Gasteiger partial charge in [0, 0.05) is 5.69 Å². The quantitative estimate of drug-likeness (QED) is 0.454. The molecule has 0 radical (unpaired) electrons. The molecule has 35 heavy (non-hydrogen) atoms. The lowest BCUT2D eigenvalue weighted by molar-refractivity contribution is -0.137. The van der Waals surface area contributed by atoms with Crippen molar-refractivity contribution in [2.75, 3.05) is 28.1 Å². The molecular formula is C23H18FN3O7S. The third-order valence-electron chi connectivity index (χ3n) is 4.98. The largest absolute Gasteiger partial charge is 0.482 e. The monoisotopic (exact) mass is 499 g/mol. The van der Waals surface area contributed by atoms with Gasteiger partial charge in [0.2, 0.25) is 0 Å². The summed E-state index contributed by atoms with van der Waals surface area (Å²) in [6.45, 7) is -1.05. The van der Waals surface area contributed by atoms with Crippen molar-refractivity contribution in [2.45, 2.75) is 4.90 Å². The summed E-state index contributed by atoms with van der Waals surface area (Å²) in [6.07, 6.45) is 0. The van der Waals surface area contributed by atoms with Gasteiger partial charge in [0.05, 0.1) is 21.8 Å². The highest BCUT2D eigenvalue weighted by atomic mass is 32.2. The number of benzene rings is 3. The molecule has 0 saturated carbocycles. The van der Waals surface area contributed by atoms with Crippen LogP contribution in [0.2, 0.25) is 0 Å². The number of sulfonamides is 1. The Morgan fingerprint density at radius 2 is 1.83 bits per heavy atom. The number of halogens is 1. The van der Waals surface area contributed by atoms with Crippen molar-refractivity contribution in [2.24, 2.45) is 0 Å². The minimum atomic E-state index is -4.28. The van der Waals surface area contributed by atoms with Crippen molar-refractivity contribution >= 4 is 44.9 Å². The van der Waals surface area contributed by atoms with Crippen molar-refractivity contribution in [3.05, 3.63) is 78.1 Å². The number of fused-ring (bicyclic) bond motifs is 1. The summed E-state index contributed by atoms with van der Waals surface area (Å²) in [6, 6.07) is 14.7. The van der Waals surface area contributed by atoms with Crippen LogP contribution in [0, 0.1) is 5.82 Å². The number of amides is 2. The van der Waals surface area contributed by atoms with Crippen LogP contribution in [0.4, 0.5) is 21.5 Å². The summed E-state index contributed by atoms with van der Waals surface area (Å²) < 4.78 is 47.3. The molecule has 180 valence electrons. The van der Waals surface area contributed by atoms with E-state index in [1.54, 1.807) is 0 Å². The Kier molecular flexibility index (Phi) is 6.38. The molecule has 1 aliphatic heterocycles. The minimum absolute atomic E-state index is 0.0105. The number of ether oxygens (including phenoxy) is 1. The van der Waals surface area contributed by atoms with E-state index in [-0.39, 0.29) is 39.9 Å². The number of hydrogen-bond acceptors (Lipinski definition) is 6. The molecule has 0 atom stereocenters. The van der Waals surface area contributed by atoms with Crippen LogP contribution in [-0.4, -0.2) is 44.5 Å². The summed E-state index contributed by atoms with van der Waals surface area (Å²) >= 11 is 0. The Morgan fingerprint density at radius 3 is 2.57 bits per heavy atom. The second kappa shape index (κ2) is 9.43. The van der Waals surface area contributed by atoms with Crippen LogP contribution in [-0.2, 0) is 19.6 Å². The molecule has 0 aromatic heterocycles. The van der Waals surface area contributed by atoms with Gasteiger partial charge in [0.15, 0.2) is 6.61 Å². The van der Waals surface area contributed by atoms with Crippen LogP contribution >= 0.6 is 0 Å². The highest BCUT2D eigenvalue weighted by molar-refractivity contribution is 7.92. The number of carboxylic acids is 1. The Balaban J connectivity index is 1.63. The number of carbonyl (C=O) groups is 3. The maximum atomic E-state index is 13.4. The smallest absolute Gasteiger partial charge is 0.323 e. The SMILES string of the molecule is O=C(O)CN1C(=O)COc2ccc(S(=O)(=O)Nc3ccccc3C(=O)Nc3cccc(F)c3)cc21. The van der Waals surface area contributed by atoms with Crippen molar-refractivity contribution in [1.29, 1.82) is 0 Å². The fourth-order valence-corrected chi connectivity index (χ4v) is 4.50. The molecule has 1 aliphatic rings. The number of nitrogens with one attached hydrogen (secondary N) is 2. The molecule has 0 aliphatic carbocycles. The Morgan fingerprint density at radius 1 is 1.06 bits per heavy atom. The first-order valence-electron chi connectivity index (χ1n) is 10.1. The highest BCUT2D eigenvalue weighted by Gasteiger charge is 2.29. The topological polar surface area (TPSA) is 142 Å². The summed E-state index contributed by atoms with van der Waals surface area (Å²) in [7, 11) is -4.28. The molecule has 3 N–H and O–H groups in total. The molecule has 3 aromatic carbocycles. The predicted molar refractivity (Wildman–Crippen MR) is 124 cm³/mol. The molecule has 0 fully saturated rings. The number of carbonyl (C=O) groups excluding carboxylic acids is 2. The van der Waals surface area contributed by atoms with Crippen LogP contribution < -0.4 is 19.7 Å². The lowest BCUT2D eigenvalue weighted by Gasteiger charge is -2.28. The van der Waals surface area contributed by atoms with Gasteiger partial charge in [0.25, 0.3) is 21.8 Å². The number of rotatable bonds is 7. The first kappa shape index (κ1) is 23.7. The molecule has 0 bridgehead atoms. The van der Waals surface area contributed by atoms with Gasteiger partial charge in [-0.05, 0) is 48.5 Å². The van der Waals surface area contributed by atoms with Gasteiger partial charge >= 0.3 is 5.97 Å². The normalized spacial score (nSPS) is 12.9. The maximum absolute atomic E-state index is 13.4. The zero-order valence-corrected chi connectivity index (χ0v) is 18.7. The molecule has 10 nitrogen and oxygen atoms in total. The average Bonchev–Trinajstić information content (AvgIpc) is 2.80. The first-order chi connectivity index (χ1) is 16.6. The highest BCUT2D eigenvalue weighted by Crippen LogP contribution is 2.34. The summed E-state index contributed by atoms with van der Waals surface area (Å²) in [5.41, 5.74) is 0.104.